The third kappa shape index (κ3) is 5.37. The van der Waals surface area contributed by atoms with Gasteiger partial charge in [-0.05, 0) is 0 Å². The van der Waals surface area contributed by atoms with Crippen molar-refractivity contribution in [3.05, 3.63) is 0 Å². The number of hydrogen-bond donors (Lipinski definition) is 0. The maximum atomic E-state index is 12.1. The third-order valence-electron chi connectivity index (χ3n) is 2.42. The van der Waals surface area contributed by atoms with Crippen molar-refractivity contribution in [2.24, 2.45) is 0 Å². The molecule has 0 aromatic heterocycles. The van der Waals surface area contributed by atoms with Crippen LogP contribution in [0.2, 0.25) is 0 Å². The number of hydrogen-bond acceptors (Lipinski definition) is 4. The molecule has 4 nitrogen and oxygen atoms in total. The van der Waals surface area contributed by atoms with Crippen molar-refractivity contribution in [2.45, 2.75) is 12.3 Å². The molecule has 100 valence electrons. The zero-order chi connectivity index (χ0) is 13.6. The molecule has 1 unspecified atom stereocenters. The van der Waals surface area contributed by atoms with E-state index in [4.69, 9.17) is 16.4 Å². The Morgan fingerprint density at radius 2 is 1.89 bits per heavy atom. The number of rotatable bonds is 4. The van der Waals surface area contributed by atoms with Crippen LogP contribution < -0.4 is 0 Å². The number of nitrogens with zero attached hydrogens (tertiary/aromatic N) is 3. The highest BCUT2D eigenvalue weighted by Gasteiger charge is 2.32. The van der Waals surface area contributed by atoms with E-state index in [9.17, 15) is 13.2 Å². The maximum absolute atomic E-state index is 12.1. The molecule has 0 aromatic rings. The summed E-state index contributed by atoms with van der Waals surface area (Å²) < 4.78 is 41.0. The highest BCUT2D eigenvalue weighted by atomic mass is 19.4. The quantitative estimate of drug-likeness (QED) is 0.551. The minimum atomic E-state index is -4.34. The lowest BCUT2D eigenvalue weighted by Gasteiger charge is -2.38. The van der Waals surface area contributed by atoms with Crippen LogP contribution in [-0.4, -0.2) is 61.5 Å². The zero-order valence-electron chi connectivity index (χ0n) is 9.78. The second-order valence-electron chi connectivity index (χ2n) is 4.07. The molecule has 0 aromatic carbocycles. The SMILES string of the molecule is C#CCN1CC(OCC(F)(F)F)CN(CC#N)C1. The lowest BCUT2D eigenvalue weighted by atomic mass is 10.2. The van der Waals surface area contributed by atoms with Gasteiger partial charge in [-0.15, -0.1) is 6.42 Å². The Balaban J connectivity index is 2.51. The minimum Gasteiger partial charge on any atom is -0.366 e. The first kappa shape index (κ1) is 14.8. The molecule has 0 amide bonds. The third-order valence-corrected chi connectivity index (χ3v) is 2.42. The number of halogens is 3. The normalized spacial score (nSPS) is 22.4. The first-order valence-electron chi connectivity index (χ1n) is 5.38. The molecule has 0 spiro atoms. The molecule has 0 aliphatic carbocycles. The van der Waals surface area contributed by atoms with Crippen LogP contribution in [-0.2, 0) is 4.74 Å². The van der Waals surface area contributed by atoms with Crippen LogP contribution in [0.3, 0.4) is 0 Å². The van der Waals surface area contributed by atoms with Crippen LogP contribution >= 0.6 is 0 Å². The van der Waals surface area contributed by atoms with Crippen molar-refractivity contribution in [1.82, 2.24) is 9.80 Å². The molecule has 0 saturated carbocycles. The summed E-state index contributed by atoms with van der Waals surface area (Å²) in [6.45, 7) is 0.333. The number of ether oxygens (including phenoxy) is 1. The molecule has 18 heavy (non-hydrogen) atoms. The smallest absolute Gasteiger partial charge is 0.366 e. The van der Waals surface area contributed by atoms with Gasteiger partial charge in [0, 0.05) is 13.1 Å². The Labute approximate surface area is 104 Å². The molecular formula is C11H14F3N3O. The Hall–Kier alpha value is -1.28. The van der Waals surface area contributed by atoms with E-state index in [0.29, 0.717) is 26.3 Å². The number of alkyl halides is 3. The van der Waals surface area contributed by atoms with Gasteiger partial charge in [0.05, 0.1) is 31.9 Å². The fourth-order valence-electron chi connectivity index (χ4n) is 1.81. The summed E-state index contributed by atoms with van der Waals surface area (Å²) in [5, 5.41) is 8.61. The van der Waals surface area contributed by atoms with Gasteiger partial charge in [0.1, 0.15) is 6.61 Å². The van der Waals surface area contributed by atoms with Gasteiger partial charge in [0.15, 0.2) is 0 Å². The van der Waals surface area contributed by atoms with Gasteiger partial charge in [-0.1, -0.05) is 5.92 Å². The van der Waals surface area contributed by atoms with E-state index in [-0.39, 0.29) is 6.54 Å². The van der Waals surface area contributed by atoms with Gasteiger partial charge in [0.2, 0.25) is 0 Å². The van der Waals surface area contributed by atoms with Crippen molar-refractivity contribution in [1.29, 1.82) is 5.26 Å². The standard InChI is InChI=1S/C11H14F3N3O/c1-2-4-16-6-10(18-8-11(12,13)14)7-17(9-16)5-3-15/h1,10H,4-9H2. The molecular weight excluding hydrogens is 247 g/mol. The van der Waals surface area contributed by atoms with Gasteiger partial charge in [-0.2, -0.15) is 18.4 Å². The molecule has 1 rings (SSSR count). The summed E-state index contributed by atoms with van der Waals surface area (Å²) in [4.78, 5) is 3.49. The van der Waals surface area contributed by atoms with E-state index in [1.807, 2.05) is 6.07 Å². The largest absolute Gasteiger partial charge is 0.411 e. The molecule has 1 heterocycles. The van der Waals surface area contributed by atoms with Crippen LogP contribution in [0.5, 0.6) is 0 Å². The lowest BCUT2D eigenvalue weighted by Crippen LogP contribution is -2.53. The Kier molecular flexibility index (Phi) is 5.42. The van der Waals surface area contributed by atoms with Crippen LogP contribution in [0.25, 0.3) is 0 Å². The average molecular weight is 261 g/mol. The Morgan fingerprint density at radius 3 is 2.39 bits per heavy atom. The van der Waals surface area contributed by atoms with Crippen molar-refractivity contribution in [2.75, 3.05) is 39.5 Å². The van der Waals surface area contributed by atoms with Gasteiger partial charge in [-0.25, -0.2) is 0 Å². The highest BCUT2D eigenvalue weighted by molar-refractivity contribution is 4.92. The summed E-state index contributed by atoms with van der Waals surface area (Å²) in [7, 11) is 0. The average Bonchev–Trinajstić information content (AvgIpc) is 2.26. The van der Waals surface area contributed by atoms with Crippen molar-refractivity contribution in [3.8, 4) is 18.4 Å². The minimum absolute atomic E-state index is 0.146. The van der Waals surface area contributed by atoms with E-state index < -0.39 is 18.9 Å². The molecule has 1 aliphatic rings. The molecule has 1 saturated heterocycles. The van der Waals surface area contributed by atoms with Gasteiger partial charge in [-0.3, -0.25) is 9.80 Å². The van der Waals surface area contributed by atoms with E-state index in [0.717, 1.165) is 0 Å². The highest BCUT2D eigenvalue weighted by Crippen LogP contribution is 2.17. The van der Waals surface area contributed by atoms with Crippen molar-refractivity contribution >= 4 is 0 Å². The summed E-state index contributed by atoms with van der Waals surface area (Å²) in [6.07, 6.45) is 0.251. The van der Waals surface area contributed by atoms with Gasteiger partial charge < -0.3 is 4.74 Å². The fraction of sp³-hybridized carbons (Fsp3) is 0.727. The van der Waals surface area contributed by atoms with E-state index in [2.05, 4.69) is 5.92 Å². The van der Waals surface area contributed by atoms with Crippen LogP contribution in [0.1, 0.15) is 0 Å². The van der Waals surface area contributed by atoms with Crippen molar-refractivity contribution < 1.29 is 17.9 Å². The Morgan fingerprint density at radius 1 is 1.28 bits per heavy atom. The summed E-state index contributed by atoms with van der Waals surface area (Å²) in [6, 6.07) is 1.96. The number of nitriles is 1. The molecule has 0 N–H and O–H groups in total. The summed E-state index contributed by atoms with van der Waals surface area (Å²) in [5.74, 6) is 2.43. The predicted molar refractivity (Wildman–Crippen MR) is 58.3 cm³/mol. The molecule has 1 fully saturated rings. The van der Waals surface area contributed by atoms with E-state index in [1.165, 1.54) is 0 Å². The predicted octanol–water partition coefficient (Wildman–Crippen LogP) is 0.666. The second-order valence-corrected chi connectivity index (χ2v) is 4.07. The molecule has 7 heteroatoms. The number of terminal acetylenes is 1. The van der Waals surface area contributed by atoms with E-state index in [1.54, 1.807) is 9.80 Å². The molecule has 1 aliphatic heterocycles. The van der Waals surface area contributed by atoms with Crippen molar-refractivity contribution in [3.63, 3.8) is 0 Å². The Bertz CT molecular complexity index is 321. The molecule has 1 atom stereocenters. The van der Waals surface area contributed by atoms with Gasteiger partial charge >= 0.3 is 6.18 Å². The van der Waals surface area contributed by atoms with Crippen LogP contribution in [0.4, 0.5) is 13.2 Å². The topological polar surface area (TPSA) is 39.5 Å². The first-order valence-corrected chi connectivity index (χ1v) is 5.38. The van der Waals surface area contributed by atoms with Gasteiger partial charge in [0.25, 0.3) is 0 Å². The lowest BCUT2D eigenvalue weighted by molar-refractivity contribution is -0.192. The maximum Gasteiger partial charge on any atom is 0.411 e. The second kappa shape index (κ2) is 6.60. The van der Waals surface area contributed by atoms with Crippen LogP contribution in [0, 0.1) is 23.7 Å². The first-order chi connectivity index (χ1) is 8.44. The van der Waals surface area contributed by atoms with E-state index >= 15 is 0 Å². The zero-order valence-corrected chi connectivity index (χ0v) is 9.78. The summed E-state index contributed by atoms with van der Waals surface area (Å²) >= 11 is 0. The monoisotopic (exact) mass is 261 g/mol. The fourth-order valence-corrected chi connectivity index (χ4v) is 1.81. The van der Waals surface area contributed by atoms with Crippen LogP contribution in [0.15, 0.2) is 0 Å². The molecule has 0 bridgehead atoms. The summed E-state index contributed by atoms with van der Waals surface area (Å²) in [5.41, 5.74) is 0. The molecule has 0 radical (unpaired) electrons.